The van der Waals surface area contributed by atoms with Crippen molar-refractivity contribution in [3.8, 4) is 0 Å². The summed E-state index contributed by atoms with van der Waals surface area (Å²) in [5.74, 6) is 1.33. The largest absolute Gasteiger partial charge is 0.326 e. The molecule has 116 valence electrons. The lowest BCUT2D eigenvalue weighted by molar-refractivity contribution is -0.116. The second kappa shape index (κ2) is 6.51. The number of nitrogens with one attached hydrogen (secondary N) is 1. The highest BCUT2D eigenvalue weighted by atomic mass is 16.1. The third-order valence-corrected chi connectivity index (χ3v) is 3.36. The third kappa shape index (κ3) is 3.78. The molecule has 2 aromatic rings. The van der Waals surface area contributed by atoms with Crippen LogP contribution in [-0.4, -0.2) is 26.5 Å². The molecule has 0 aliphatic carbocycles. The van der Waals surface area contributed by atoms with Crippen LogP contribution in [0.1, 0.15) is 48.3 Å². The summed E-state index contributed by atoms with van der Waals surface area (Å²) in [7, 11) is 0. The lowest BCUT2D eigenvalue weighted by atomic mass is 10.1. The molecule has 1 heterocycles. The zero-order chi connectivity index (χ0) is 16.3. The number of hydrogen-bond acceptors (Lipinski definition) is 4. The molecule has 0 radical (unpaired) electrons. The average Bonchev–Trinajstić information content (AvgIpc) is 2.77. The molecule has 0 bridgehead atoms. The quantitative estimate of drug-likeness (QED) is 0.861. The van der Waals surface area contributed by atoms with Gasteiger partial charge in [-0.15, -0.1) is 0 Å². The van der Waals surface area contributed by atoms with Gasteiger partial charge in [-0.3, -0.25) is 9.59 Å². The van der Waals surface area contributed by atoms with E-state index in [2.05, 4.69) is 15.4 Å². The minimum Gasteiger partial charge on any atom is -0.326 e. The van der Waals surface area contributed by atoms with Gasteiger partial charge in [-0.05, 0) is 39.8 Å². The standard InChI is InChI=1S/C16H20N4O2/c1-10(20-13(4)17-12(3)19-20)8-16(22)18-15-7-5-6-14(9-15)11(2)21/h5-7,9-10H,8H2,1-4H3,(H,18,22)/t10-/m1/s1. The number of carbonyl (C=O) groups excluding carboxylic acids is 2. The smallest absolute Gasteiger partial charge is 0.226 e. The van der Waals surface area contributed by atoms with Crippen LogP contribution in [0.15, 0.2) is 24.3 Å². The van der Waals surface area contributed by atoms with Gasteiger partial charge in [-0.2, -0.15) is 5.10 Å². The van der Waals surface area contributed by atoms with E-state index in [4.69, 9.17) is 0 Å². The number of aryl methyl sites for hydroxylation is 2. The Labute approximate surface area is 129 Å². The molecule has 0 aliphatic rings. The Bertz CT molecular complexity index is 706. The summed E-state index contributed by atoms with van der Waals surface area (Å²) in [5, 5.41) is 7.10. The molecule has 0 spiro atoms. The van der Waals surface area contributed by atoms with Crippen molar-refractivity contribution in [3.63, 3.8) is 0 Å². The molecular formula is C16H20N4O2. The molecule has 1 N–H and O–H groups in total. The Morgan fingerprint density at radius 2 is 2.05 bits per heavy atom. The Morgan fingerprint density at radius 3 is 2.64 bits per heavy atom. The first-order valence-corrected chi connectivity index (χ1v) is 7.17. The van der Waals surface area contributed by atoms with Gasteiger partial charge >= 0.3 is 0 Å². The number of Topliss-reactive ketones (excluding diaryl/α,β-unsaturated/α-hetero) is 1. The number of nitrogens with zero attached hydrogens (tertiary/aromatic N) is 3. The molecule has 1 amide bonds. The van der Waals surface area contributed by atoms with Crippen LogP contribution in [0.5, 0.6) is 0 Å². The summed E-state index contributed by atoms with van der Waals surface area (Å²) in [6, 6.07) is 6.83. The van der Waals surface area contributed by atoms with Gasteiger partial charge in [-0.25, -0.2) is 9.67 Å². The van der Waals surface area contributed by atoms with Gasteiger partial charge < -0.3 is 5.32 Å². The van der Waals surface area contributed by atoms with E-state index in [1.165, 1.54) is 6.92 Å². The maximum absolute atomic E-state index is 12.1. The van der Waals surface area contributed by atoms with Gasteiger partial charge in [0.25, 0.3) is 0 Å². The average molecular weight is 300 g/mol. The number of ketones is 1. The van der Waals surface area contributed by atoms with Gasteiger partial charge in [-0.1, -0.05) is 12.1 Å². The van der Waals surface area contributed by atoms with Gasteiger partial charge in [0.15, 0.2) is 5.78 Å². The molecule has 6 heteroatoms. The summed E-state index contributed by atoms with van der Waals surface area (Å²) in [6.45, 7) is 7.11. The van der Waals surface area contributed by atoms with E-state index in [0.29, 0.717) is 17.1 Å². The number of carbonyl (C=O) groups is 2. The molecule has 0 unspecified atom stereocenters. The highest BCUT2D eigenvalue weighted by Crippen LogP contribution is 2.15. The van der Waals surface area contributed by atoms with Crippen LogP contribution in [0.2, 0.25) is 0 Å². The van der Waals surface area contributed by atoms with E-state index in [-0.39, 0.29) is 24.2 Å². The van der Waals surface area contributed by atoms with Crippen LogP contribution in [-0.2, 0) is 4.79 Å². The number of benzene rings is 1. The van der Waals surface area contributed by atoms with E-state index < -0.39 is 0 Å². The Kier molecular flexibility index (Phi) is 4.70. The van der Waals surface area contributed by atoms with Crippen LogP contribution in [0.4, 0.5) is 5.69 Å². The van der Waals surface area contributed by atoms with Gasteiger partial charge in [0.1, 0.15) is 11.6 Å². The van der Waals surface area contributed by atoms with Crippen molar-refractivity contribution in [2.75, 3.05) is 5.32 Å². The topological polar surface area (TPSA) is 76.9 Å². The van der Waals surface area contributed by atoms with E-state index in [0.717, 1.165) is 5.82 Å². The van der Waals surface area contributed by atoms with Crippen molar-refractivity contribution in [1.82, 2.24) is 14.8 Å². The predicted molar refractivity (Wildman–Crippen MR) is 83.9 cm³/mol. The normalized spacial score (nSPS) is 12.0. The first kappa shape index (κ1) is 15.9. The number of amides is 1. The van der Waals surface area contributed by atoms with E-state index in [1.807, 2.05) is 20.8 Å². The molecule has 1 atom stereocenters. The predicted octanol–water partition coefficient (Wildman–Crippen LogP) is 2.69. The van der Waals surface area contributed by atoms with Crippen molar-refractivity contribution >= 4 is 17.4 Å². The molecule has 22 heavy (non-hydrogen) atoms. The summed E-state index contributed by atoms with van der Waals surface area (Å²) in [5.41, 5.74) is 1.20. The van der Waals surface area contributed by atoms with Gasteiger partial charge in [0, 0.05) is 17.7 Å². The Hall–Kier alpha value is -2.50. The minimum atomic E-state index is -0.124. The molecular weight excluding hydrogens is 280 g/mol. The van der Waals surface area contributed by atoms with Gasteiger partial charge in [0.05, 0.1) is 6.04 Å². The van der Waals surface area contributed by atoms with Crippen LogP contribution >= 0.6 is 0 Å². The fraction of sp³-hybridized carbons (Fsp3) is 0.375. The van der Waals surface area contributed by atoms with Crippen LogP contribution in [0.3, 0.4) is 0 Å². The van der Waals surface area contributed by atoms with Crippen molar-refractivity contribution in [3.05, 3.63) is 41.5 Å². The summed E-state index contributed by atoms with van der Waals surface area (Å²) in [6.07, 6.45) is 0.286. The zero-order valence-electron chi connectivity index (χ0n) is 13.3. The van der Waals surface area contributed by atoms with Crippen molar-refractivity contribution in [1.29, 1.82) is 0 Å². The molecule has 1 aromatic heterocycles. The number of hydrogen-bond donors (Lipinski definition) is 1. The molecule has 0 aliphatic heterocycles. The van der Waals surface area contributed by atoms with E-state index >= 15 is 0 Å². The highest BCUT2D eigenvalue weighted by Gasteiger charge is 2.15. The maximum Gasteiger partial charge on any atom is 0.226 e. The summed E-state index contributed by atoms with van der Waals surface area (Å²) < 4.78 is 1.75. The first-order chi connectivity index (χ1) is 10.4. The molecule has 2 rings (SSSR count). The van der Waals surface area contributed by atoms with Crippen molar-refractivity contribution in [2.45, 2.75) is 40.2 Å². The second-order valence-electron chi connectivity index (χ2n) is 5.39. The lowest BCUT2D eigenvalue weighted by Gasteiger charge is -2.13. The Morgan fingerprint density at radius 1 is 1.32 bits per heavy atom. The van der Waals surface area contributed by atoms with E-state index in [1.54, 1.807) is 28.9 Å². The number of anilines is 1. The molecule has 1 aromatic carbocycles. The monoisotopic (exact) mass is 300 g/mol. The molecule has 0 fully saturated rings. The molecule has 0 saturated heterocycles. The fourth-order valence-electron chi connectivity index (χ4n) is 2.34. The summed E-state index contributed by atoms with van der Waals surface area (Å²) >= 11 is 0. The van der Waals surface area contributed by atoms with Crippen LogP contribution in [0, 0.1) is 13.8 Å². The van der Waals surface area contributed by atoms with Crippen molar-refractivity contribution < 1.29 is 9.59 Å². The lowest BCUT2D eigenvalue weighted by Crippen LogP contribution is -2.19. The van der Waals surface area contributed by atoms with Crippen molar-refractivity contribution in [2.24, 2.45) is 0 Å². The summed E-state index contributed by atoms with van der Waals surface area (Å²) in [4.78, 5) is 27.7. The Balaban J connectivity index is 2.02. The number of aromatic nitrogens is 3. The fourth-order valence-corrected chi connectivity index (χ4v) is 2.34. The van der Waals surface area contributed by atoms with Crippen LogP contribution < -0.4 is 5.32 Å². The number of rotatable bonds is 5. The zero-order valence-corrected chi connectivity index (χ0v) is 13.3. The molecule has 0 saturated carbocycles. The second-order valence-corrected chi connectivity index (χ2v) is 5.39. The van der Waals surface area contributed by atoms with Crippen LogP contribution in [0.25, 0.3) is 0 Å². The SMILES string of the molecule is CC(=O)c1cccc(NC(=O)C[C@@H](C)n2nc(C)nc2C)c1. The highest BCUT2D eigenvalue weighted by molar-refractivity contribution is 5.97. The third-order valence-electron chi connectivity index (χ3n) is 3.36. The van der Waals surface area contributed by atoms with Gasteiger partial charge in [0.2, 0.25) is 5.91 Å². The van der Waals surface area contributed by atoms with E-state index in [9.17, 15) is 9.59 Å². The molecule has 6 nitrogen and oxygen atoms in total. The maximum atomic E-state index is 12.1. The minimum absolute atomic E-state index is 0.0295. The first-order valence-electron chi connectivity index (χ1n) is 7.17.